The van der Waals surface area contributed by atoms with Gasteiger partial charge >= 0.3 is 6.36 Å². The quantitative estimate of drug-likeness (QED) is 0.511. The van der Waals surface area contributed by atoms with Crippen LogP contribution < -0.4 is 15.8 Å². The monoisotopic (exact) mass is 501 g/mol. The number of aromatic nitrogens is 2. The van der Waals surface area contributed by atoms with E-state index in [-0.39, 0.29) is 29.1 Å². The second-order valence-corrected chi connectivity index (χ2v) is 7.88. The number of primary amides is 1. The molecule has 0 atom stereocenters. The zero-order valence-electron chi connectivity index (χ0n) is 18.9. The summed E-state index contributed by atoms with van der Waals surface area (Å²) in [5, 5.41) is 10.7. The molecule has 0 radical (unpaired) electrons. The number of nitrogens with one attached hydrogen (secondary N) is 1. The molecule has 0 saturated carbocycles. The zero-order valence-corrected chi connectivity index (χ0v) is 18.9. The van der Waals surface area contributed by atoms with Crippen molar-refractivity contribution in [2.75, 3.05) is 38.2 Å². The van der Waals surface area contributed by atoms with Crippen LogP contribution in [0.25, 0.3) is 22.5 Å². The Labute approximate surface area is 204 Å². The number of nitrogens with zero attached hydrogens (tertiary/aromatic N) is 3. The Bertz CT molecular complexity index is 1230. The molecule has 12 heteroatoms. The summed E-state index contributed by atoms with van der Waals surface area (Å²) in [6.07, 6.45) is -5.06. The van der Waals surface area contributed by atoms with Crippen molar-refractivity contribution in [1.82, 2.24) is 15.1 Å². The van der Waals surface area contributed by atoms with E-state index in [0.717, 1.165) is 17.7 Å². The van der Waals surface area contributed by atoms with Crippen LogP contribution in [-0.2, 0) is 9.53 Å². The third-order valence-corrected chi connectivity index (χ3v) is 5.38. The van der Waals surface area contributed by atoms with Gasteiger partial charge < -0.3 is 20.5 Å². The smallest absolute Gasteiger partial charge is 0.404 e. The number of carbonyl (C=O) groups is 2. The zero-order chi connectivity index (χ0) is 25.7. The van der Waals surface area contributed by atoms with Gasteiger partial charge in [-0.1, -0.05) is 30.3 Å². The van der Waals surface area contributed by atoms with Crippen LogP contribution in [0.1, 0.15) is 10.4 Å². The molecule has 2 amide bonds. The molecule has 3 aromatic rings. The number of alkyl halides is 3. The average molecular weight is 501 g/mol. The van der Waals surface area contributed by atoms with E-state index in [1.165, 1.54) is 6.07 Å². The highest BCUT2D eigenvalue weighted by Crippen LogP contribution is 2.40. The maximum atomic E-state index is 13.2. The minimum Gasteiger partial charge on any atom is -0.404 e. The molecule has 3 N–H and O–H groups in total. The summed E-state index contributed by atoms with van der Waals surface area (Å²) in [6.45, 7) is 1.73. The lowest BCUT2D eigenvalue weighted by atomic mass is 9.99. The molecule has 1 saturated heterocycles. The number of rotatable bonds is 7. The summed E-state index contributed by atoms with van der Waals surface area (Å²) in [5.74, 6) is -2.26. The molecule has 2 aromatic carbocycles. The number of amides is 2. The first-order chi connectivity index (χ1) is 17.2. The first-order valence-corrected chi connectivity index (χ1v) is 10.9. The topological polar surface area (TPSA) is 120 Å². The summed E-state index contributed by atoms with van der Waals surface area (Å²) < 4.78 is 49.0. The van der Waals surface area contributed by atoms with E-state index in [4.69, 9.17) is 10.5 Å². The van der Waals surface area contributed by atoms with E-state index in [0.29, 0.717) is 32.0 Å². The Morgan fingerprint density at radius 1 is 1.00 bits per heavy atom. The first kappa shape index (κ1) is 25.1. The fourth-order valence-electron chi connectivity index (χ4n) is 3.76. The minimum atomic E-state index is -5.06. The summed E-state index contributed by atoms with van der Waals surface area (Å²) in [4.78, 5) is 26.8. The fraction of sp³-hybridized carbons (Fsp3) is 0.250. The van der Waals surface area contributed by atoms with E-state index < -0.39 is 23.9 Å². The van der Waals surface area contributed by atoms with Crippen molar-refractivity contribution in [2.24, 2.45) is 5.73 Å². The number of ether oxygens (including phenoxy) is 2. The van der Waals surface area contributed by atoms with Crippen LogP contribution in [0.5, 0.6) is 5.75 Å². The summed E-state index contributed by atoms with van der Waals surface area (Å²) in [7, 11) is 0. The normalized spacial score (nSPS) is 14.3. The standard InChI is InChI=1S/C24H22F3N5O4/c25-24(26,27)36-19-9-6-16(23(28)34)21(22(19)29-20(33)14-32-10-12-35-13-11-32)18-8-7-17(30-31-18)15-4-2-1-3-5-15/h1-9H,10-14H2,(H2,28,34)(H,29,33). The van der Waals surface area contributed by atoms with Crippen LogP contribution in [0.2, 0.25) is 0 Å². The highest BCUT2D eigenvalue weighted by atomic mass is 19.4. The van der Waals surface area contributed by atoms with Crippen LogP contribution in [0.3, 0.4) is 0 Å². The maximum absolute atomic E-state index is 13.2. The predicted octanol–water partition coefficient (Wildman–Crippen LogP) is 3.08. The predicted molar refractivity (Wildman–Crippen MR) is 124 cm³/mol. The van der Waals surface area contributed by atoms with Crippen LogP contribution in [-0.4, -0.2) is 66.1 Å². The third kappa shape index (κ3) is 6.15. The Hall–Kier alpha value is -4.03. The molecule has 2 heterocycles. The van der Waals surface area contributed by atoms with E-state index in [2.05, 4.69) is 20.3 Å². The van der Waals surface area contributed by atoms with Crippen molar-refractivity contribution in [3.8, 4) is 28.3 Å². The van der Waals surface area contributed by atoms with Crippen molar-refractivity contribution in [1.29, 1.82) is 0 Å². The molecule has 9 nitrogen and oxygen atoms in total. The number of benzene rings is 2. The van der Waals surface area contributed by atoms with Gasteiger partial charge in [0, 0.05) is 24.2 Å². The SMILES string of the molecule is NC(=O)c1ccc(OC(F)(F)F)c(NC(=O)CN2CCOCC2)c1-c1ccc(-c2ccccc2)nn1. The molecule has 1 aliphatic heterocycles. The van der Waals surface area contributed by atoms with Crippen LogP contribution in [0, 0.1) is 0 Å². The third-order valence-electron chi connectivity index (χ3n) is 5.38. The van der Waals surface area contributed by atoms with Gasteiger partial charge in [-0.2, -0.15) is 0 Å². The van der Waals surface area contributed by atoms with E-state index in [1.54, 1.807) is 11.0 Å². The van der Waals surface area contributed by atoms with Crippen LogP contribution >= 0.6 is 0 Å². The number of anilines is 1. The van der Waals surface area contributed by atoms with Gasteiger partial charge in [0.1, 0.15) is 0 Å². The number of nitrogens with two attached hydrogens (primary N) is 1. The lowest BCUT2D eigenvalue weighted by Crippen LogP contribution is -2.41. The van der Waals surface area contributed by atoms with Crippen molar-refractivity contribution < 1.29 is 32.2 Å². The Morgan fingerprint density at radius 2 is 1.67 bits per heavy atom. The molecular weight excluding hydrogens is 479 g/mol. The summed E-state index contributed by atoms with van der Waals surface area (Å²) >= 11 is 0. The molecule has 188 valence electrons. The molecule has 1 fully saturated rings. The maximum Gasteiger partial charge on any atom is 0.573 e. The highest BCUT2D eigenvalue weighted by molar-refractivity contribution is 6.07. The molecule has 0 bridgehead atoms. The van der Waals surface area contributed by atoms with Gasteiger partial charge in [-0.3, -0.25) is 14.5 Å². The van der Waals surface area contributed by atoms with Gasteiger partial charge in [-0.15, -0.1) is 23.4 Å². The largest absolute Gasteiger partial charge is 0.573 e. The van der Waals surface area contributed by atoms with Crippen LogP contribution in [0.15, 0.2) is 54.6 Å². The Morgan fingerprint density at radius 3 is 2.28 bits per heavy atom. The minimum absolute atomic E-state index is 0.0257. The second-order valence-electron chi connectivity index (χ2n) is 7.88. The molecule has 36 heavy (non-hydrogen) atoms. The number of hydrogen-bond acceptors (Lipinski definition) is 7. The van der Waals surface area contributed by atoms with E-state index >= 15 is 0 Å². The number of halogens is 3. The van der Waals surface area contributed by atoms with Gasteiger partial charge in [0.05, 0.1) is 42.4 Å². The molecule has 1 aromatic heterocycles. The van der Waals surface area contributed by atoms with Gasteiger partial charge in [0.2, 0.25) is 11.8 Å². The lowest BCUT2D eigenvalue weighted by molar-refractivity contribution is -0.274. The van der Waals surface area contributed by atoms with E-state index in [9.17, 15) is 22.8 Å². The van der Waals surface area contributed by atoms with Crippen molar-refractivity contribution >= 4 is 17.5 Å². The summed E-state index contributed by atoms with van der Waals surface area (Å²) in [6, 6.07) is 14.2. The van der Waals surface area contributed by atoms with Gasteiger partial charge in [-0.25, -0.2) is 0 Å². The molecule has 0 aliphatic carbocycles. The number of carbonyl (C=O) groups excluding carboxylic acids is 2. The van der Waals surface area contributed by atoms with Gasteiger partial charge in [-0.05, 0) is 24.3 Å². The number of hydrogen-bond donors (Lipinski definition) is 2. The Balaban J connectivity index is 1.77. The molecular formula is C24H22F3N5O4. The van der Waals surface area contributed by atoms with Gasteiger partial charge in [0.25, 0.3) is 0 Å². The van der Waals surface area contributed by atoms with Crippen molar-refractivity contribution in [2.45, 2.75) is 6.36 Å². The van der Waals surface area contributed by atoms with Crippen LogP contribution in [0.4, 0.5) is 18.9 Å². The highest BCUT2D eigenvalue weighted by Gasteiger charge is 2.34. The van der Waals surface area contributed by atoms with Gasteiger partial charge in [0.15, 0.2) is 5.75 Å². The first-order valence-electron chi connectivity index (χ1n) is 10.9. The lowest BCUT2D eigenvalue weighted by Gasteiger charge is -2.26. The van der Waals surface area contributed by atoms with E-state index in [1.807, 2.05) is 30.3 Å². The molecule has 0 spiro atoms. The molecule has 1 aliphatic rings. The van der Waals surface area contributed by atoms with Crippen molar-refractivity contribution in [3.05, 3.63) is 60.2 Å². The molecule has 0 unspecified atom stereocenters. The molecule has 4 rings (SSSR count). The van der Waals surface area contributed by atoms with Crippen molar-refractivity contribution in [3.63, 3.8) is 0 Å². The second kappa shape index (κ2) is 10.7. The summed E-state index contributed by atoms with van der Waals surface area (Å²) in [5.41, 5.74) is 6.13. The average Bonchev–Trinajstić information content (AvgIpc) is 2.85. The fourth-order valence-corrected chi connectivity index (χ4v) is 3.76. The number of morpholine rings is 1. The Kier molecular flexibility index (Phi) is 7.46.